The van der Waals surface area contributed by atoms with E-state index >= 15 is 0 Å². The van der Waals surface area contributed by atoms with Crippen molar-refractivity contribution in [3.8, 4) is 5.75 Å². The van der Waals surface area contributed by atoms with Gasteiger partial charge in [0.2, 0.25) is 17.7 Å². The average Bonchev–Trinajstić information content (AvgIpc) is 3.42. The van der Waals surface area contributed by atoms with Crippen molar-refractivity contribution in [2.24, 2.45) is 22.4 Å². The standard InChI is InChI=1S/C33H46N6O7/c34-33(35)36-14-4-7-23(19-40)37-30(44)28-17-22-10-13-25(42)18-27(22)39(28)32(46)26(15-20-5-2-1-3-6-20)38-31(45)29(43)16-21-8-11-24(41)12-9-21/h1-3,5-6,8-9,11-12,22-23,25-29,40-43H,4,7,10,13-19H2,(H,37,44)(H,38,45)(H4,34,35,36)/t22-,23-,25+,26-,27-,28-,29-/m0/s1. The van der Waals surface area contributed by atoms with Crippen LogP contribution in [0.15, 0.2) is 59.6 Å². The molecule has 1 saturated carbocycles. The van der Waals surface area contributed by atoms with E-state index < -0.39 is 54.1 Å². The fourth-order valence-corrected chi connectivity index (χ4v) is 6.48. The van der Waals surface area contributed by atoms with Crippen molar-refractivity contribution in [2.75, 3.05) is 13.2 Å². The number of carbonyl (C=O) groups is 3. The van der Waals surface area contributed by atoms with Crippen LogP contribution in [0.1, 0.15) is 49.7 Å². The number of benzene rings is 2. The number of aliphatic hydroxyl groups is 3. The molecule has 10 N–H and O–H groups in total. The van der Waals surface area contributed by atoms with E-state index in [-0.39, 0.29) is 37.1 Å². The van der Waals surface area contributed by atoms with E-state index in [4.69, 9.17) is 11.5 Å². The van der Waals surface area contributed by atoms with Crippen LogP contribution in [0.3, 0.4) is 0 Å². The molecule has 0 unspecified atom stereocenters. The summed E-state index contributed by atoms with van der Waals surface area (Å²) in [6.45, 7) is 0.0235. The summed E-state index contributed by atoms with van der Waals surface area (Å²) in [6, 6.07) is 12.3. The quantitative estimate of drug-likeness (QED) is 0.0770. The summed E-state index contributed by atoms with van der Waals surface area (Å²) in [7, 11) is 0. The lowest BCUT2D eigenvalue weighted by atomic mass is 9.83. The molecule has 1 aliphatic heterocycles. The molecule has 13 heteroatoms. The van der Waals surface area contributed by atoms with Crippen LogP contribution >= 0.6 is 0 Å². The van der Waals surface area contributed by atoms with Crippen molar-refractivity contribution in [1.29, 1.82) is 0 Å². The number of fused-ring (bicyclic) bond motifs is 1. The lowest BCUT2D eigenvalue weighted by molar-refractivity contribution is -0.145. The highest BCUT2D eigenvalue weighted by Crippen LogP contribution is 2.40. The molecule has 2 fully saturated rings. The van der Waals surface area contributed by atoms with Gasteiger partial charge in [0.1, 0.15) is 23.9 Å². The SMILES string of the molecule is NC(N)=NCCC[C@@H](CO)NC(=O)[C@@H]1C[C@@H]2CC[C@@H](O)C[C@@H]2N1C(=O)[C@H](Cc1ccccc1)NC(=O)[C@@H](O)Cc1ccc(O)cc1. The van der Waals surface area contributed by atoms with Crippen LogP contribution in [0.5, 0.6) is 5.75 Å². The normalized spacial score (nSPS) is 22.6. The number of likely N-dealkylation sites (tertiary alicyclic amines) is 1. The van der Waals surface area contributed by atoms with Crippen LogP contribution in [0.4, 0.5) is 0 Å². The zero-order chi connectivity index (χ0) is 33.2. The Morgan fingerprint density at radius 2 is 1.65 bits per heavy atom. The lowest BCUT2D eigenvalue weighted by Gasteiger charge is -2.37. The van der Waals surface area contributed by atoms with Crippen molar-refractivity contribution in [1.82, 2.24) is 15.5 Å². The van der Waals surface area contributed by atoms with Gasteiger partial charge >= 0.3 is 0 Å². The molecular weight excluding hydrogens is 592 g/mol. The summed E-state index contributed by atoms with van der Waals surface area (Å²) in [5.41, 5.74) is 12.2. The van der Waals surface area contributed by atoms with E-state index in [0.29, 0.717) is 50.6 Å². The molecule has 2 aliphatic rings. The third kappa shape index (κ3) is 9.41. The summed E-state index contributed by atoms with van der Waals surface area (Å²) >= 11 is 0. The Kier molecular flexibility index (Phi) is 12.4. The number of nitrogens with two attached hydrogens (primary N) is 2. The first-order valence-corrected chi connectivity index (χ1v) is 15.8. The molecule has 0 spiro atoms. The summed E-state index contributed by atoms with van der Waals surface area (Å²) < 4.78 is 0. The molecule has 1 heterocycles. The first-order valence-electron chi connectivity index (χ1n) is 15.8. The number of rotatable bonds is 14. The van der Waals surface area contributed by atoms with Gasteiger partial charge in [0.15, 0.2) is 5.96 Å². The Morgan fingerprint density at radius 1 is 0.957 bits per heavy atom. The number of hydrogen-bond donors (Lipinski definition) is 8. The second-order valence-electron chi connectivity index (χ2n) is 12.3. The van der Waals surface area contributed by atoms with E-state index in [9.17, 15) is 34.8 Å². The first kappa shape index (κ1) is 34.7. The zero-order valence-electron chi connectivity index (χ0n) is 25.9. The highest BCUT2D eigenvalue weighted by atomic mass is 16.3. The van der Waals surface area contributed by atoms with Gasteiger partial charge in [-0.3, -0.25) is 19.4 Å². The maximum absolute atomic E-state index is 14.5. The van der Waals surface area contributed by atoms with Gasteiger partial charge in [-0.05, 0) is 67.7 Å². The largest absolute Gasteiger partial charge is 0.508 e. The van der Waals surface area contributed by atoms with Crippen molar-refractivity contribution >= 4 is 23.7 Å². The van der Waals surface area contributed by atoms with Crippen molar-refractivity contribution < 1.29 is 34.8 Å². The van der Waals surface area contributed by atoms with E-state index in [2.05, 4.69) is 15.6 Å². The van der Waals surface area contributed by atoms with Gasteiger partial charge in [0.05, 0.1) is 18.8 Å². The Hall–Kier alpha value is -4.20. The minimum Gasteiger partial charge on any atom is -0.508 e. The minimum atomic E-state index is -1.47. The molecule has 0 radical (unpaired) electrons. The molecule has 250 valence electrons. The predicted molar refractivity (Wildman–Crippen MR) is 171 cm³/mol. The molecule has 0 bridgehead atoms. The number of aliphatic hydroxyl groups excluding tert-OH is 3. The van der Waals surface area contributed by atoms with Gasteiger partial charge < -0.3 is 47.4 Å². The molecule has 13 nitrogen and oxygen atoms in total. The molecule has 46 heavy (non-hydrogen) atoms. The summed E-state index contributed by atoms with van der Waals surface area (Å²) in [6.07, 6.45) is 0.811. The average molecular weight is 639 g/mol. The number of phenols is 1. The van der Waals surface area contributed by atoms with Crippen molar-refractivity contribution in [3.05, 3.63) is 65.7 Å². The Morgan fingerprint density at radius 3 is 2.33 bits per heavy atom. The number of guanidine groups is 1. The second kappa shape index (κ2) is 16.4. The molecule has 2 aromatic rings. The van der Waals surface area contributed by atoms with Gasteiger partial charge in [-0.15, -0.1) is 0 Å². The van der Waals surface area contributed by atoms with E-state index in [1.807, 2.05) is 30.3 Å². The van der Waals surface area contributed by atoms with Gasteiger partial charge in [-0.2, -0.15) is 0 Å². The second-order valence-corrected chi connectivity index (χ2v) is 12.3. The summed E-state index contributed by atoms with van der Waals surface area (Å²) in [5.74, 6) is -1.66. The maximum Gasteiger partial charge on any atom is 0.249 e. The van der Waals surface area contributed by atoms with Crippen LogP contribution in [0.2, 0.25) is 0 Å². The molecule has 4 rings (SSSR count). The fourth-order valence-electron chi connectivity index (χ4n) is 6.48. The Labute approximate surface area is 268 Å². The van der Waals surface area contributed by atoms with Crippen molar-refractivity contribution in [2.45, 2.75) is 87.7 Å². The lowest BCUT2D eigenvalue weighted by Crippen LogP contribution is -2.59. The van der Waals surface area contributed by atoms with Gasteiger partial charge in [0.25, 0.3) is 0 Å². The molecule has 0 aromatic heterocycles. The topological polar surface area (TPSA) is 224 Å². The number of nitrogens with one attached hydrogen (secondary N) is 2. The molecule has 7 atom stereocenters. The Balaban J connectivity index is 1.55. The number of phenolic OH excluding ortho intramolecular Hbond substituents is 1. The molecule has 2 aromatic carbocycles. The van der Waals surface area contributed by atoms with Gasteiger partial charge in [-0.25, -0.2) is 0 Å². The minimum absolute atomic E-state index is 0.0225. The number of aromatic hydroxyl groups is 1. The van der Waals surface area contributed by atoms with Crippen molar-refractivity contribution in [3.63, 3.8) is 0 Å². The number of amides is 3. The molecule has 1 aliphatic carbocycles. The monoisotopic (exact) mass is 638 g/mol. The first-order chi connectivity index (χ1) is 22.0. The van der Waals surface area contributed by atoms with Crippen LogP contribution in [-0.4, -0.2) is 98.5 Å². The smallest absolute Gasteiger partial charge is 0.249 e. The zero-order valence-corrected chi connectivity index (χ0v) is 25.9. The van der Waals surface area contributed by atoms with E-state index in [1.54, 1.807) is 12.1 Å². The molecular formula is C33H46N6O7. The van der Waals surface area contributed by atoms with Gasteiger partial charge in [-0.1, -0.05) is 42.5 Å². The third-order valence-corrected chi connectivity index (χ3v) is 8.84. The molecule has 3 amide bonds. The molecule has 1 saturated heterocycles. The fraction of sp³-hybridized carbons (Fsp3) is 0.515. The van der Waals surface area contributed by atoms with Crippen LogP contribution in [0.25, 0.3) is 0 Å². The van der Waals surface area contributed by atoms with Gasteiger partial charge in [0, 0.05) is 25.4 Å². The van der Waals surface area contributed by atoms with E-state index in [0.717, 1.165) is 5.56 Å². The number of nitrogens with zero attached hydrogens (tertiary/aromatic N) is 2. The van der Waals surface area contributed by atoms with E-state index in [1.165, 1.54) is 17.0 Å². The number of carbonyl (C=O) groups excluding carboxylic acids is 3. The Bertz CT molecular complexity index is 1340. The van der Waals surface area contributed by atoms with Crippen LogP contribution in [-0.2, 0) is 27.2 Å². The van der Waals surface area contributed by atoms with Crippen LogP contribution in [0, 0.1) is 5.92 Å². The van der Waals surface area contributed by atoms with Crippen LogP contribution < -0.4 is 22.1 Å². The predicted octanol–water partition coefficient (Wildman–Crippen LogP) is -0.316. The highest BCUT2D eigenvalue weighted by molar-refractivity contribution is 5.94. The third-order valence-electron chi connectivity index (χ3n) is 8.84. The number of hydrogen-bond acceptors (Lipinski definition) is 8. The number of aliphatic imine (C=N–C) groups is 1. The highest BCUT2D eigenvalue weighted by Gasteiger charge is 2.50. The summed E-state index contributed by atoms with van der Waals surface area (Å²) in [5, 5.41) is 46.5. The summed E-state index contributed by atoms with van der Waals surface area (Å²) in [4.78, 5) is 46.9. The maximum atomic E-state index is 14.5.